The molecule has 0 saturated heterocycles. The topological polar surface area (TPSA) is 61.7 Å². The monoisotopic (exact) mass is 287 g/mol. The average molecular weight is 287 g/mol. The maximum absolute atomic E-state index is 9.57. The molecule has 2 rings (SSSR count). The Morgan fingerprint density at radius 1 is 0.952 bits per heavy atom. The van der Waals surface area contributed by atoms with Crippen LogP contribution in [0.4, 0.5) is 5.69 Å². The van der Waals surface area contributed by atoms with Crippen molar-refractivity contribution in [2.45, 2.75) is 32.9 Å². The Kier molecular flexibility index (Phi) is 4.58. The minimum absolute atomic E-state index is 0.0466. The number of para-hydroxylation sites is 2. The van der Waals surface area contributed by atoms with E-state index < -0.39 is 0 Å². The van der Waals surface area contributed by atoms with Crippen molar-refractivity contribution in [2.24, 2.45) is 0 Å². The van der Waals surface area contributed by atoms with Crippen LogP contribution in [0.15, 0.2) is 42.5 Å². The van der Waals surface area contributed by atoms with E-state index >= 15 is 0 Å². The number of phenolic OH excluding ortho intramolecular Hbond substituents is 2. The number of nitrogens with one attached hydrogen (secondary N) is 1. The summed E-state index contributed by atoms with van der Waals surface area (Å²) in [5, 5.41) is 22.5. The third-order valence-electron chi connectivity index (χ3n) is 3.05. The Hall–Kier alpha value is -2.36. The number of hydrogen-bond donors (Lipinski definition) is 3. The smallest absolute Gasteiger partial charge is 0.142 e. The van der Waals surface area contributed by atoms with Crippen LogP contribution in [0.5, 0.6) is 17.2 Å². The summed E-state index contributed by atoms with van der Waals surface area (Å²) in [5.41, 5.74) is 1.67. The molecule has 3 N–H and O–H groups in total. The van der Waals surface area contributed by atoms with E-state index in [-0.39, 0.29) is 23.6 Å². The van der Waals surface area contributed by atoms with Crippen LogP contribution >= 0.6 is 0 Å². The van der Waals surface area contributed by atoms with Crippen molar-refractivity contribution in [3.63, 3.8) is 0 Å². The van der Waals surface area contributed by atoms with Crippen molar-refractivity contribution < 1.29 is 14.9 Å². The minimum Gasteiger partial charge on any atom is -0.508 e. The SMILES string of the molecule is CC(C)Oc1ccccc1NC(C)c1cc(O)cc(O)c1. The molecule has 2 aromatic rings. The Balaban J connectivity index is 2.21. The highest BCUT2D eigenvalue weighted by atomic mass is 16.5. The van der Waals surface area contributed by atoms with Crippen LogP contribution in [0.25, 0.3) is 0 Å². The van der Waals surface area contributed by atoms with Crippen LogP contribution in [-0.4, -0.2) is 16.3 Å². The summed E-state index contributed by atoms with van der Waals surface area (Å²) < 4.78 is 5.77. The van der Waals surface area contributed by atoms with Gasteiger partial charge in [-0.15, -0.1) is 0 Å². The van der Waals surface area contributed by atoms with Crippen LogP contribution in [-0.2, 0) is 0 Å². The Bertz CT molecular complexity index is 590. The second-order valence-electron chi connectivity index (χ2n) is 5.31. The number of phenols is 2. The van der Waals surface area contributed by atoms with Crippen LogP contribution in [0.3, 0.4) is 0 Å². The lowest BCUT2D eigenvalue weighted by atomic mass is 10.1. The summed E-state index contributed by atoms with van der Waals surface area (Å²) in [5.74, 6) is 0.874. The highest BCUT2D eigenvalue weighted by Crippen LogP contribution is 2.31. The van der Waals surface area contributed by atoms with Crippen LogP contribution in [0, 0.1) is 0 Å². The first-order chi connectivity index (χ1) is 9.95. The fraction of sp³-hybridized carbons (Fsp3) is 0.294. The predicted octanol–water partition coefficient (Wildman–Crippen LogP) is 4.06. The molecule has 1 unspecified atom stereocenters. The largest absolute Gasteiger partial charge is 0.508 e. The second-order valence-corrected chi connectivity index (χ2v) is 5.31. The van der Waals surface area contributed by atoms with Gasteiger partial charge < -0.3 is 20.3 Å². The van der Waals surface area contributed by atoms with Crippen LogP contribution in [0.2, 0.25) is 0 Å². The van der Waals surface area contributed by atoms with Gasteiger partial charge in [0.2, 0.25) is 0 Å². The molecule has 0 aliphatic rings. The highest BCUT2D eigenvalue weighted by Gasteiger charge is 2.11. The van der Waals surface area contributed by atoms with Gasteiger partial charge in [0.1, 0.15) is 17.2 Å². The average Bonchev–Trinajstić information content (AvgIpc) is 2.39. The molecule has 0 aliphatic heterocycles. The maximum Gasteiger partial charge on any atom is 0.142 e. The quantitative estimate of drug-likeness (QED) is 0.776. The van der Waals surface area contributed by atoms with Gasteiger partial charge in [0, 0.05) is 12.1 Å². The molecule has 0 radical (unpaired) electrons. The molecule has 21 heavy (non-hydrogen) atoms. The Morgan fingerprint density at radius 3 is 2.19 bits per heavy atom. The standard InChI is InChI=1S/C17H21NO3/c1-11(2)21-17-7-5-4-6-16(17)18-12(3)13-8-14(19)10-15(20)9-13/h4-12,18-20H,1-3H3. The fourth-order valence-electron chi connectivity index (χ4n) is 2.13. The van der Waals surface area contributed by atoms with Crippen molar-refractivity contribution in [1.82, 2.24) is 0 Å². The number of anilines is 1. The van der Waals surface area contributed by atoms with Gasteiger partial charge in [0.15, 0.2) is 0 Å². The van der Waals surface area contributed by atoms with E-state index in [0.29, 0.717) is 0 Å². The molecule has 0 saturated carbocycles. The number of rotatable bonds is 5. The first-order valence-corrected chi connectivity index (χ1v) is 7.01. The summed E-state index contributed by atoms with van der Waals surface area (Å²) in [6, 6.07) is 12.2. The molecule has 0 spiro atoms. The van der Waals surface area contributed by atoms with Crippen LogP contribution in [0.1, 0.15) is 32.4 Å². The summed E-state index contributed by atoms with van der Waals surface area (Å²) in [6.07, 6.45) is 0.0908. The van der Waals surface area contributed by atoms with E-state index in [1.807, 2.05) is 45.0 Å². The second kappa shape index (κ2) is 6.39. The molecule has 0 amide bonds. The molecular formula is C17H21NO3. The minimum atomic E-state index is -0.0834. The number of hydrogen-bond acceptors (Lipinski definition) is 4. The van der Waals surface area contributed by atoms with Gasteiger partial charge >= 0.3 is 0 Å². The van der Waals surface area contributed by atoms with Crippen molar-refractivity contribution >= 4 is 5.69 Å². The molecule has 0 heterocycles. The van der Waals surface area contributed by atoms with E-state index in [1.54, 1.807) is 12.1 Å². The summed E-state index contributed by atoms with van der Waals surface area (Å²) in [4.78, 5) is 0. The van der Waals surface area contributed by atoms with Gasteiger partial charge in [0.25, 0.3) is 0 Å². The van der Waals surface area contributed by atoms with Crippen molar-refractivity contribution in [3.05, 3.63) is 48.0 Å². The zero-order chi connectivity index (χ0) is 15.4. The predicted molar refractivity (Wildman–Crippen MR) is 84.0 cm³/mol. The Labute approximate surface area is 125 Å². The lowest BCUT2D eigenvalue weighted by molar-refractivity contribution is 0.243. The summed E-state index contributed by atoms with van der Waals surface area (Å²) in [7, 11) is 0. The van der Waals surface area contributed by atoms with E-state index in [2.05, 4.69) is 5.32 Å². The van der Waals surface area contributed by atoms with E-state index in [9.17, 15) is 10.2 Å². The van der Waals surface area contributed by atoms with E-state index in [1.165, 1.54) is 6.07 Å². The van der Waals surface area contributed by atoms with Gasteiger partial charge in [-0.2, -0.15) is 0 Å². The van der Waals surface area contributed by atoms with Crippen LogP contribution < -0.4 is 10.1 Å². The lowest BCUT2D eigenvalue weighted by Crippen LogP contribution is -2.11. The number of benzene rings is 2. The molecule has 0 bridgehead atoms. The summed E-state index contributed by atoms with van der Waals surface area (Å²) in [6.45, 7) is 5.92. The van der Waals surface area contributed by atoms with E-state index in [0.717, 1.165) is 17.0 Å². The van der Waals surface area contributed by atoms with Gasteiger partial charge in [-0.25, -0.2) is 0 Å². The molecule has 4 heteroatoms. The Morgan fingerprint density at radius 2 is 1.57 bits per heavy atom. The molecular weight excluding hydrogens is 266 g/mol. The number of aromatic hydroxyl groups is 2. The molecule has 112 valence electrons. The first kappa shape index (κ1) is 15.0. The van der Waals surface area contributed by atoms with Gasteiger partial charge in [-0.3, -0.25) is 0 Å². The van der Waals surface area contributed by atoms with Crippen molar-refractivity contribution in [1.29, 1.82) is 0 Å². The zero-order valence-electron chi connectivity index (χ0n) is 12.5. The van der Waals surface area contributed by atoms with Gasteiger partial charge in [0.05, 0.1) is 11.8 Å². The van der Waals surface area contributed by atoms with Crippen molar-refractivity contribution in [3.8, 4) is 17.2 Å². The van der Waals surface area contributed by atoms with E-state index in [4.69, 9.17) is 4.74 Å². The summed E-state index contributed by atoms with van der Waals surface area (Å²) >= 11 is 0. The molecule has 0 aliphatic carbocycles. The number of ether oxygens (including phenoxy) is 1. The highest BCUT2D eigenvalue weighted by molar-refractivity contribution is 5.57. The molecule has 2 aromatic carbocycles. The third-order valence-corrected chi connectivity index (χ3v) is 3.05. The first-order valence-electron chi connectivity index (χ1n) is 7.01. The molecule has 0 aromatic heterocycles. The van der Waals surface area contributed by atoms with Crippen molar-refractivity contribution in [2.75, 3.05) is 5.32 Å². The fourth-order valence-corrected chi connectivity index (χ4v) is 2.13. The van der Waals surface area contributed by atoms with Gasteiger partial charge in [-0.1, -0.05) is 12.1 Å². The normalized spacial score (nSPS) is 12.2. The van der Waals surface area contributed by atoms with Gasteiger partial charge in [-0.05, 0) is 50.6 Å². The molecule has 1 atom stereocenters. The zero-order valence-corrected chi connectivity index (χ0v) is 12.5. The third kappa shape index (κ3) is 4.05. The lowest BCUT2D eigenvalue weighted by Gasteiger charge is -2.20. The molecule has 0 fully saturated rings. The maximum atomic E-state index is 9.57. The molecule has 4 nitrogen and oxygen atoms in total.